The lowest BCUT2D eigenvalue weighted by atomic mass is 10.1. The van der Waals surface area contributed by atoms with E-state index in [1.807, 2.05) is 0 Å². The van der Waals surface area contributed by atoms with Gasteiger partial charge in [-0.25, -0.2) is 8.42 Å². The normalized spacial score (nSPS) is 18.9. The van der Waals surface area contributed by atoms with E-state index in [4.69, 9.17) is 14.2 Å². The van der Waals surface area contributed by atoms with Crippen LogP contribution in [0.25, 0.3) is 0 Å². The Kier molecular flexibility index (Phi) is 3.01. The van der Waals surface area contributed by atoms with E-state index < -0.39 is 9.84 Å². The lowest BCUT2D eigenvalue weighted by molar-refractivity contribution is 0.372. The maximum absolute atomic E-state index is 11.6. The monoisotopic (exact) mass is 258 g/mol. The Bertz CT molecular complexity index is 531. The zero-order chi connectivity index (χ0) is 12.6. The maximum atomic E-state index is 11.6. The summed E-state index contributed by atoms with van der Waals surface area (Å²) in [5.41, 5.74) is 0.816. The lowest BCUT2D eigenvalue weighted by Gasteiger charge is -2.12. The Morgan fingerprint density at radius 1 is 1.24 bits per heavy atom. The number of epoxide rings is 1. The van der Waals surface area contributed by atoms with Crippen molar-refractivity contribution in [2.45, 2.75) is 11.0 Å². The number of ether oxygens (including phenoxy) is 3. The van der Waals surface area contributed by atoms with Crippen molar-refractivity contribution >= 4 is 9.84 Å². The van der Waals surface area contributed by atoms with Crippen LogP contribution in [-0.2, 0) is 14.6 Å². The number of methoxy groups -OCH3 is 2. The van der Waals surface area contributed by atoms with Gasteiger partial charge in [-0.3, -0.25) is 0 Å². The SMILES string of the molecule is COc1cc(S(C)(=O)=O)c(OC)cc1C1CO1. The van der Waals surface area contributed by atoms with Gasteiger partial charge >= 0.3 is 0 Å². The van der Waals surface area contributed by atoms with Crippen molar-refractivity contribution in [1.29, 1.82) is 0 Å². The molecule has 94 valence electrons. The molecule has 0 aromatic heterocycles. The Balaban J connectivity index is 2.61. The van der Waals surface area contributed by atoms with Crippen LogP contribution in [0.15, 0.2) is 17.0 Å². The van der Waals surface area contributed by atoms with Gasteiger partial charge in [0.2, 0.25) is 0 Å². The molecule has 17 heavy (non-hydrogen) atoms. The zero-order valence-corrected chi connectivity index (χ0v) is 10.7. The molecule has 1 unspecified atom stereocenters. The first-order valence-corrected chi connectivity index (χ1v) is 6.94. The van der Waals surface area contributed by atoms with Gasteiger partial charge < -0.3 is 14.2 Å². The van der Waals surface area contributed by atoms with Crippen molar-refractivity contribution < 1.29 is 22.6 Å². The van der Waals surface area contributed by atoms with Gasteiger partial charge in [-0.1, -0.05) is 0 Å². The number of hydrogen-bond acceptors (Lipinski definition) is 5. The van der Waals surface area contributed by atoms with Crippen molar-refractivity contribution in [3.8, 4) is 11.5 Å². The fourth-order valence-corrected chi connectivity index (χ4v) is 2.49. The van der Waals surface area contributed by atoms with E-state index in [9.17, 15) is 8.42 Å². The van der Waals surface area contributed by atoms with Crippen LogP contribution in [0, 0.1) is 0 Å². The van der Waals surface area contributed by atoms with Crippen molar-refractivity contribution in [2.24, 2.45) is 0 Å². The molecule has 0 spiro atoms. The molecule has 1 aliphatic rings. The van der Waals surface area contributed by atoms with Crippen LogP contribution >= 0.6 is 0 Å². The highest BCUT2D eigenvalue weighted by molar-refractivity contribution is 7.90. The number of hydrogen-bond donors (Lipinski definition) is 0. The average molecular weight is 258 g/mol. The molecule has 1 aromatic rings. The second-order valence-electron chi connectivity index (χ2n) is 3.84. The van der Waals surface area contributed by atoms with Gasteiger partial charge in [0, 0.05) is 17.9 Å². The van der Waals surface area contributed by atoms with Crippen LogP contribution in [0.4, 0.5) is 0 Å². The summed E-state index contributed by atoms with van der Waals surface area (Å²) in [5, 5.41) is 0. The van der Waals surface area contributed by atoms with Gasteiger partial charge in [0.1, 0.15) is 22.5 Å². The topological polar surface area (TPSA) is 65.1 Å². The molecule has 5 nitrogen and oxygen atoms in total. The van der Waals surface area contributed by atoms with E-state index in [0.717, 1.165) is 11.8 Å². The Morgan fingerprint density at radius 3 is 2.24 bits per heavy atom. The van der Waals surface area contributed by atoms with Crippen molar-refractivity contribution in [3.05, 3.63) is 17.7 Å². The summed E-state index contributed by atoms with van der Waals surface area (Å²) in [4.78, 5) is 0.126. The third kappa shape index (κ3) is 2.37. The fraction of sp³-hybridized carbons (Fsp3) is 0.455. The summed E-state index contributed by atoms with van der Waals surface area (Å²) < 4.78 is 38.7. The van der Waals surface area contributed by atoms with E-state index in [0.29, 0.717) is 18.1 Å². The Labute approximate surface area is 100 Å². The van der Waals surface area contributed by atoms with E-state index in [2.05, 4.69) is 0 Å². The van der Waals surface area contributed by atoms with Crippen molar-refractivity contribution in [2.75, 3.05) is 27.1 Å². The highest BCUT2D eigenvalue weighted by Crippen LogP contribution is 2.41. The second-order valence-corrected chi connectivity index (χ2v) is 5.82. The number of sulfone groups is 1. The van der Waals surface area contributed by atoms with E-state index in [1.54, 1.807) is 6.07 Å². The van der Waals surface area contributed by atoms with E-state index >= 15 is 0 Å². The summed E-state index contributed by atoms with van der Waals surface area (Å²) >= 11 is 0. The molecule has 0 saturated carbocycles. The Morgan fingerprint density at radius 2 is 1.82 bits per heavy atom. The quantitative estimate of drug-likeness (QED) is 0.759. The van der Waals surface area contributed by atoms with Crippen molar-refractivity contribution in [3.63, 3.8) is 0 Å². The van der Waals surface area contributed by atoms with Crippen LogP contribution in [-0.4, -0.2) is 35.5 Å². The van der Waals surface area contributed by atoms with Crippen LogP contribution < -0.4 is 9.47 Å². The molecule has 0 amide bonds. The summed E-state index contributed by atoms with van der Waals surface area (Å²) in [6, 6.07) is 3.14. The summed E-state index contributed by atoms with van der Waals surface area (Å²) in [6.07, 6.45) is 1.12. The fourth-order valence-electron chi connectivity index (χ4n) is 1.66. The molecule has 0 N–H and O–H groups in total. The molecule has 0 radical (unpaired) electrons. The summed E-state index contributed by atoms with van der Waals surface area (Å²) in [7, 11) is -0.408. The molecular formula is C11H14O5S. The minimum atomic E-state index is -3.35. The van der Waals surface area contributed by atoms with Crippen LogP contribution in [0.1, 0.15) is 11.7 Å². The molecule has 1 heterocycles. The summed E-state index contributed by atoms with van der Waals surface area (Å²) in [6.45, 7) is 0.623. The first kappa shape index (κ1) is 12.2. The molecule has 0 aliphatic carbocycles. The predicted molar refractivity (Wildman–Crippen MR) is 61.3 cm³/mol. The van der Waals surface area contributed by atoms with Gasteiger partial charge in [0.25, 0.3) is 0 Å². The lowest BCUT2D eigenvalue weighted by Crippen LogP contribution is -2.03. The molecular weight excluding hydrogens is 244 g/mol. The third-order valence-corrected chi connectivity index (χ3v) is 3.71. The van der Waals surface area contributed by atoms with Crippen molar-refractivity contribution in [1.82, 2.24) is 0 Å². The summed E-state index contributed by atoms with van der Waals surface area (Å²) in [5.74, 6) is 0.826. The molecule has 1 aromatic carbocycles. The Hall–Kier alpha value is -1.27. The molecule has 1 saturated heterocycles. The molecule has 6 heteroatoms. The van der Waals surface area contributed by atoms with Crippen LogP contribution in [0.5, 0.6) is 11.5 Å². The number of rotatable bonds is 4. The molecule has 1 fully saturated rings. The smallest absolute Gasteiger partial charge is 0.179 e. The van der Waals surface area contributed by atoms with Crippen LogP contribution in [0.2, 0.25) is 0 Å². The first-order valence-electron chi connectivity index (χ1n) is 5.05. The van der Waals surface area contributed by atoms with E-state index in [1.165, 1.54) is 20.3 Å². The highest BCUT2D eigenvalue weighted by atomic mass is 32.2. The average Bonchev–Trinajstić information content (AvgIpc) is 3.09. The molecule has 1 atom stereocenters. The molecule has 2 rings (SSSR count). The zero-order valence-electron chi connectivity index (χ0n) is 9.89. The second kappa shape index (κ2) is 4.19. The first-order chi connectivity index (χ1) is 7.97. The number of benzene rings is 1. The maximum Gasteiger partial charge on any atom is 0.179 e. The van der Waals surface area contributed by atoms with Gasteiger partial charge in [0.05, 0.1) is 20.8 Å². The van der Waals surface area contributed by atoms with Gasteiger partial charge in [-0.2, -0.15) is 0 Å². The predicted octanol–water partition coefficient (Wildman–Crippen LogP) is 1.18. The van der Waals surface area contributed by atoms with Gasteiger partial charge in [-0.05, 0) is 6.07 Å². The van der Waals surface area contributed by atoms with Gasteiger partial charge in [-0.15, -0.1) is 0 Å². The minimum Gasteiger partial charge on any atom is -0.496 e. The molecule has 1 aliphatic heterocycles. The van der Waals surface area contributed by atoms with Gasteiger partial charge in [0.15, 0.2) is 9.84 Å². The van der Waals surface area contributed by atoms with Crippen LogP contribution in [0.3, 0.4) is 0 Å². The largest absolute Gasteiger partial charge is 0.496 e. The minimum absolute atomic E-state index is 0.0209. The highest BCUT2D eigenvalue weighted by Gasteiger charge is 2.30. The molecule has 0 bridgehead atoms. The van der Waals surface area contributed by atoms with E-state index in [-0.39, 0.29) is 11.0 Å². The third-order valence-electron chi connectivity index (χ3n) is 2.60. The standard InChI is InChI=1S/C11H14O5S/c1-14-8-5-11(17(3,12)13)9(15-2)4-7(8)10-6-16-10/h4-5,10H,6H2,1-3H3.